The van der Waals surface area contributed by atoms with E-state index >= 15 is 0 Å². The fourth-order valence-electron chi connectivity index (χ4n) is 4.52. The molecule has 0 saturated heterocycles. The lowest BCUT2D eigenvalue weighted by molar-refractivity contribution is -0.161. The third kappa shape index (κ3) is 28.9. The molecule has 0 aliphatic rings. The van der Waals surface area contributed by atoms with E-state index in [0.29, 0.717) is 6.42 Å². The van der Waals surface area contributed by atoms with Crippen LogP contribution in [0.2, 0.25) is 0 Å². The Bertz CT molecular complexity index is 664. The maximum Gasteiger partial charge on any atom is 0.472 e. The molecule has 0 aromatic carbocycles. The Hall–Kier alpha value is -0.990. The van der Waals surface area contributed by atoms with E-state index in [9.17, 15) is 19.0 Å². The predicted octanol–water partition coefficient (Wildman–Crippen LogP) is 8.16. The molecule has 0 spiro atoms. The number of hydrogen-bond donors (Lipinski definition) is 2. The summed E-state index contributed by atoms with van der Waals surface area (Å²) in [5, 5.41) is 0. The van der Waals surface area contributed by atoms with Crippen LogP contribution in [-0.4, -0.2) is 49.3 Å². The summed E-state index contributed by atoms with van der Waals surface area (Å²) in [6, 6.07) is 0. The van der Waals surface area contributed by atoms with Gasteiger partial charge in [0, 0.05) is 19.4 Å². The number of unbranched alkanes of at least 4 members (excludes halogenated alkanes) is 18. The molecule has 0 radical (unpaired) electrons. The minimum Gasteiger partial charge on any atom is -0.462 e. The van der Waals surface area contributed by atoms with Gasteiger partial charge >= 0.3 is 19.8 Å². The molecule has 1 unspecified atom stereocenters. The van der Waals surface area contributed by atoms with Crippen molar-refractivity contribution in [2.24, 2.45) is 5.73 Å². The Labute approximate surface area is 250 Å². The molecule has 0 aliphatic carbocycles. The number of nitrogens with two attached hydrogens (primary N) is 1. The number of carbonyl (C=O) groups is 2. The van der Waals surface area contributed by atoms with Crippen LogP contribution in [0, 0.1) is 0 Å². The van der Waals surface area contributed by atoms with E-state index in [4.69, 9.17) is 24.3 Å². The van der Waals surface area contributed by atoms with Crippen LogP contribution in [0.25, 0.3) is 0 Å². The summed E-state index contributed by atoms with van der Waals surface area (Å²) in [5.74, 6) is -0.829. The van der Waals surface area contributed by atoms with Gasteiger partial charge in [0.05, 0.1) is 13.2 Å². The Kier molecular flexibility index (Phi) is 28.4. The molecule has 0 bridgehead atoms. The van der Waals surface area contributed by atoms with Crippen LogP contribution in [0.3, 0.4) is 0 Å². The SMILES string of the molecule is CCCCCCCCCCCCCCC(=O)O[C@@H](COC(=O)CCCCCCCCCC)COP(=O)(O)OCCN. The largest absolute Gasteiger partial charge is 0.472 e. The summed E-state index contributed by atoms with van der Waals surface area (Å²) >= 11 is 0. The van der Waals surface area contributed by atoms with Gasteiger partial charge in [0.25, 0.3) is 0 Å². The van der Waals surface area contributed by atoms with Crippen molar-refractivity contribution < 1.29 is 37.6 Å². The molecule has 2 atom stereocenters. The number of hydrogen-bond acceptors (Lipinski definition) is 8. The first-order valence-corrected chi connectivity index (χ1v) is 18.0. The van der Waals surface area contributed by atoms with Gasteiger partial charge in [-0.15, -0.1) is 0 Å². The predicted molar refractivity (Wildman–Crippen MR) is 165 cm³/mol. The van der Waals surface area contributed by atoms with Gasteiger partial charge in [-0.1, -0.05) is 129 Å². The summed E-state index contributed by atoms with van der Waals surface area (Å²) < 4.78 is 32.4. The summed E-state index contributed by atoms with van der Waals surface area (Å²) in [6.45, 7) is 3.68. The van der Waals surface area contributed by atoms with Crippen molar-refractivity contribution in [3.8, 4) is 0 Å². The van der Waals surface area contributed by atoms with Crippen LogP contribution in [0.4, 0.5) is 0 Å². The highest BCUT2D eigenvalue weighted by molar-refractivity contribution is 7.47. The molecule has 0 aromatic rings. The number of phosphoric ester groups is 1. The number of ether oxygens (including phenoxy) is 2. The molecular formula is C31H62NO8P. The highest BCUT2D eigenvalue weighted by Crippen LogP contribution is 2.43. The molecule has 0 heterocycles. The number of carbonyl (C=O) groups excluding carboxylic acids is 2. The second-order valence-corrected chi connectivity index (χ2v) is 12.5. The summed E-state index contributed by atoms with van der Waals surface area (Å²) in [4.78, 5) is 34.4. The van der Waals surface area contributed by atoms with Crippen molar-refractivity contribution in [1.29, 1.82) is 0 Å². The van der Waals surface area contributed by atoms with E-state index < -0.39 is 26.5 Å². The van der Waals surface area contributed by atoms with Gasteiger partial charge in [-0.25, -0.2) is 4.57 Å². The zero-order chi connectivity index (χ0) is 30.4. The van der Waals surface area contributed by atoms with Crippen molar-refractivity contribution >= 4 is 19.8 Å². The first-order chi connectivity index (χ1) is 19.8. The molecule has 3 N–H and O–H groups in total. The molecule has 244 valence electrons. The molecule has 9 nitrogen and oxygen atoms in total. The summed E-state index contributed by atoms with van der Waals surface area (Å²) in [6.07, 6.45) is 22.9. The molecule has 10 heteroatoms. The lowest BCUT2D eigenvalue weighted by atomic mass is 10.0. The fraction of sp³-hybridized carbons (Fsp3) is 0.935. The second kappa shape index (κ2) is 29.1. The van der Waals surface area contributed by atoms with Gasteiger partial charge in [0.15, 0.2) is 6.10 Å². The zero-order valence-electron chi connectivity index (χ0n) is 26.3. The Morgan fingerprint density at radius 2 is 1.05 bits per heavy atom. The van der Waals surface area contributed by atoms with E-state index in [0.717, 1.165) is 32.1 Å². The van der Waals surface area contributed by atoms with Gasteiger partial charge in [-0.2, -0.15) is 0 Å². The first-order valence-electron chi connectivity index (χ1n) is 16.5. The standard InChI is InChI=1S/C31H62NO8P/c1-3-5-7-9-11-13-14-15-16-18-20-22-24-31(34)40-29(28-39-41(35,36)38-26-25-32)27-37-30(33)23-21-19-17-12-10-8-6-4-2/h29H,3-28,32H2,1-2H3,(H,35,36)/t29-/m0/s1. The van der Waals surface area contributed by atoms with E-state index in [2.05, 4.69) is 13.8 Å². The Morgan fingerprint density at radius 1 is 0.634 bits per heavy atom. The third-order valence-corrected chi connectivity index (χ3v) is 7.98. The lowest BCUT2D eigenvalue weighted by Crippen LogP contribution is -2.29. The Morgan fingerprint density at radius 3 is 1.49 bits per heavy atom. The molecule has 0 saturated carbocycles. The van der Waals surface area contributed by atoms with Gasteiger partial charge in [0.2, 0.25) is 0 Å². The maximum absolute atomic E-state index is 12.4. The minimum atomic E-state index is -4.35. The Balaban J connectivity index is 4.27. The van der Waals surface area contributed by atoms with Crippen molar-refractivity contribution in [1.82, 2.24) is 0 Å². The highest BCUT2D eigenvalue weighted by atomic mass is 31.2. The van der Waals surface area contributed by atoms with E-state index in [-0.39, 0.29) is 38.6 Å². The number of esters is 2. The number of rotatable bonds is 31. The van der Waals surface area contributed by atoms with Gasteiger partial charge in [-0.3, -0.25) is 18.6 Å². The van der Waals surface area contributed by atoms with Crippen LogP contribution >= 0.6 is 7.82 Å². The average Bonchev–Trinajstić information content (AvgIpc) is 2.95. The second-order valence-electron chi connectivity index (χ2n) is 11.0. The quantitative estimate of drug-likeness (QED) is 0.0454. The molecule has 41 heavy (non-hydrogen) atoms. The zero-order valence-corrected chi connectivity index (χ0v) is 27.2. The smallest absolute Gasteiger partial charge is 0.462 e. The van der Waals surface area contributed by atoms with Crippen LogP contribution in [0.15, 0.2) is 0 Å². The number of phosphoric acid groups is 1. The minimum absolute atomic E-state index is 0.0573. The maximum atomic E-state index is 12.4. The van der Waals surface area contributed by atoms with Crippen LogP contribution in [0.1, 0.15) is 155 Å². The van der Waals surface area contributed by atoms with Crippen molar-refractivity contribution in [3.63, 3.8) is 0 Å². The molecule has 0 rings (SSSR count). The molecule has 0 aromatic heterocycles. The van der Waals surface area contributed by atoms with Crippen molar-refractivity contribution in [3.05, 3.63) is 0 Å². The van der Waals surface area contributed by atoms with E-state index in [1.165, 1.54) is 89.9 Å². The monoisotopic (exact) mass is 607 g/mol. The summed E-state index contributed by atoms with van der Waals surface area (Å²) in [5.41, 5.74) is 5.30. The van der Waals surface area contributed by atoms with E-state index in [1.807, 2.05) is 0 Å². The molecular weight excluding hydrogens is 545 g/mol. The normalized spacial score (nSPS) is 13.6. The van der Waals surface area contributed by atoms with Gasteiger partial charge in [0.1, 0.15) is 6.61 Å². The summed E-state index contributed by atoms with van der Waals surface area (Å²) in [7, 11) is -4.35. The van der Waals surface area contributed by atoms with Crippen LogP contribution in [0.5, 0.6) is 0 Å². The van der Waals surface area contributed by atoms with E-state index in [1.54, 1.807) is 0 Å². The molecule has 0 amide bonds. The molecule has 0 fully saturated rings. The first kappa shape index (κ1) is 40.0. The fourth-order valence-corrected chi connectivity index (χ4v) is 5.28. The third-order valence-electron chi connectivity index (χ3n) is 6.99. The van der Waals surface area contributed by atoms with Gasteiger partial charge < -0.3 is 20.1 Å². The van der Waals surface area contributed by atoms with Gasteiger partial charge in [-0.05, 0) is 12.8 Å². The lowest BCUT2D eigenvalue weighted by Gasteiger charge is -2.19. The van der Waals surface area contributed by atoms with Crippen molar-refractivity contribution in [2.45, 2.75) is 161 Å². The molecule has 0 aliphatic heterocycles. The average molecular weight is 608 g/mol. The topological polar surface area (TPSA) is 134 Å². The highest BCUT2D eigenvalue weighted by Gasteiger charge is 2.25. The van der Waals surface area contributed by atoms with Crippen LogP contribution < -0.4 is 5.73 Å². The van der Waals surface area contributed by atoms with Crippen LogP contribution in [-0.2, 0) is 32.7 Å². The van der Waals surface area contributed by atoms with Crippen molar-refractivity contribution in [2.75, 3.05) is 26.4 Å².